The molecule has 4 rings (SSSR count). The van der Waals surface area contributed by atoms with E-state index in [0.29, 0.717) is 0 Å². The second-order valence-electron chi connectivity index (χ2n) is 7.03. The Balaban J connectivity index is 1.61. The van der Waals surface area contributed by atoms with Gasteiger partial charge >= 0.3 is 0 Å². The third kappa shape index (κ3) is 3.54. The molecule has 0 saturated heterocycles. The first kappa shape index (κ1) is 17.2. The van der Waals surface area contributed by atoms with E-state index in [9.17, 15) is 0 Å². The SMILES string of the molecule is C[Si](C)(c1ccc(-c2cncnc2)cc1)c1ccc(-c2cncnc2)cc1. The lowest BCUT2D eigenvalue weighted by atomic mass is 10.1. The fourth-order valence-electron chi connectivity index (χ4n) is 3.22. The van der Waals surface area contributed by atoms with E-state index in [1.165, 1.54) is 10.4 Å². The largest absolute Gasteiger partial charge is 0.244 e. The zero-order valence-electron chi connectivity index (χ0n) is 15.4. The molecule has 0 radical (unpaired) electrons. The minimum atomic E-state index is -1.77. The average molecular weight is 369 g/mol. The van der Waals surface area contributed by atoms with Crippen molar-refractivity contribution < 1.29 is 0 Å². The molecule has 0 aliphatic carbocycles. The van der Waals surface area contributed by atoms with E-state index in [-0.39, 0.29) is 0 Å². The van der Waals surface area contributed by atoms with Crippen LogP contribution in [0, 0.1) is 0 Å². The zero-order valence-corrected chi connectivity index (χ0v) is 16.4. The number of hydrogen-bond acceptors (Lipinski definition) is 4. The Morgan fingerprint density at radius 3 is 1.15 bits per heavy atom. The summed E-state index contributed by atoms with van der Waals surface area (Å²) >= 11 is 0. The summed E-state index contributed by atoms with van der Waals surface area (Å²) in [5, 5.41) is 2.80. The maximum absolute atomic E-state index is 4.10. The third-order valence-corrected chi connectivity index (χ3v) is 8.55. The highest BCUT2D eigenvalue weighted by Gasteiger charge is 2.25. The molecule has 0 aliphatic rings. The Labute approximate surface area is 160 Å². The van der Waals surface area contributed by atoms with Crippen molar-refractivity contribution in [2.75, 3.05) is 0 Å². The van der Waals surface area contributed by atoms with Crippen LogP contribution in [0.2, 0.25) is 13.1 Å². The van der Waals surface area contributed by atoms with Crippen molar-refractivity contribution in [3.8, 4) is 22.3 Å². The molecule has 0 unspecified atom stereocenters. The van der Waals surface area contributed by atoms with E-state index in [2.05, 4.69) is 81.6 Å². The standard InChI is InChI=1S/C22H20N4Si/c1-27(2,21-7-3-17(4-8-21)19-11-23-15-24-12-19)22-9-5-18(6-10-22)20-13-25-16-26-14-20/h3-16H,1-2H3. The summed E-state index contributed by atoms with van der Waals surface area (Å²) in [6.45, 7) is 4.77. The third-order valence-electron chi connectivity index (χ3n) is 5.00. The van der Waals surface area contributed by atoms with Crippen molar-refractivity contribution in [1.82, 2.24) is 19.9 Å². The first-order chi connectivity index (χ1) is 13.1. The normalized spacial score (nSPS) is 11.3. The van der Waals surface area contributed by atoms with Gasteiger partial charge in [-0.25, -0.2) is 19.9 Å². The molecule has 2 aromatic carbocycles. The summed E-state index contributed by atoms with van der Waals surface area (Å²) in [4.78, 5) is 16.4. The molecule has 2 heterocycles. The lowest BCUT2D eigenvalue weighted by Gasteiger charge is -2.24. The van der Waals surface area contributed by atoms with Crippen molar-refractivity contribution in [2.45, 2.75) is 13.1 Å². The number of benzene rings is 2. The summed E-state index contributed by atoms with van der Waals surface area (Å²) in [5.41, 5.74) is 4.36. The van der Waals surface area contributed by atoms with Crippen LogP contribution in [0.1, 0.15) is 0 Å². The Morgan fingerprint density at radius 1 is 0.481 bits per heavy atom. The smallest absolute Gasteiger partial charge is 0.115 e. The van der Waals surface area contributed by atoms with E-state index in [1.54, 1.807) is 12.7 Å². The Morgan fingerprint density at radius 2 is 0.815 bits per heavy atom. The molecular weight excluding hydrogens is 348 g/mol. The monoisotopic (exact) mass is 368 g/mol. The molecule has 132 valence electrons. The molecule has 0 bridgehead atoms. The van der Waals surface area contributed by atoms with Crippen molar-refractivity contribution in [1.29, 1.82) is 0 Å². The second-order valence-corrected chi connectivity index (χ2v) is 11.4. The summed E-state index contributed by atoms with van der Waals surface area (Å²) in [7, 11) is -1.77. The van der Waals surface area contributed by atoms with Crippen molar-refractivity contribution in [3.63, 3.8) is 0 Å². The van der Waals surface area contributed by atoms with E-state index in [4.69, 9.17) is 0 Å². The summed E-state index contributed by atoms with van der Waals surface area (Å²) < 4.78 is 0. The van der Waals surface area contributed by atoms with Gasteiger partial charge in [-0.2, -0.15) is 0 Å². The first-order valence-corrected chi connectivity index (χ1v) is 11.9. The van der Waals surface area contributed by atoms with Crippen molar-refractivity contribution in [3.05, 3.63) is 86.0 Å². The summed E-state index contributed by atoms with van der Waals surface area (Å²) in [5.74, 6) is 0. The highest BCUT2D eigenvalue weighted by Crippen LogP contribution is 2.18. The predicted molar refractivity (Wildman–Crippen MR) is 112 cm³/mol. The fraction of sp³-hybridized carbons (Fsp3) is 0.0909. The predicted octanol–water partition coefficient (Wildman–Crippen LogP) is 3.42. The molecule has 0 spiro atoms. The molecule has 0 aliphatic heterocycles. The van der Waals surface area contributed by atoms with Gasteiger partial charge in [0.1, 0.15) is 20.7 Å². The number of nitrogens with zero attached hydrogens (tertiary/aromatic N) is 4. The quantitative estimate of drug-likeness (QED) is 0.518. The topological polar surface area (TPSA) is 51.6 Å². The molecule has 0 saturated carbocycles. The van der Waals surface area contributed by atoms with Gasteiger partial charge in [0.15, 0.2) is 0 Å². The second kappa shape index (κ2) is 7.21. The van der Waals surface area contributed by atoms with E-state index in [1.807, 2.05) is 24.8 Å². The molecule has 0 atom stereocenters. The van der Waals surface area contributed by atoms with Crippen LogP contribution in [0.4, 0.5) is 0 Å². The highest BCUT2D eigenvalue weighted by molar-refractivity contribution is 7.00. The van der Waals surface area contributed by atoms with Crippen molar-refractivity contribution >= 4 is 18.4 Å². The number of rotatable bonds is 4. The molecular formula is C22H20N4Si. The van der Waals surface area contributed by atoms with Gasteiger partial charge in [-0.05, 0) is 11.1 Å². The van der Waals surface area contributed by atoms with Gasteiger partial charge in [-0.1, -0.05) is 72.0 Å². The molecule has 0 fully saturated rings. The van der Waals surface area contributed by atoms with Gasteiger partial charge in [-0.15, -0.1) is 0 Å². The van der Waals surface area contributed by atoms with Gasteiger partial charge in [0.05, 0.1) is 0 Å². The molecule has 0 N–H and O–H groups in total. The van der Waals surface area contributed by atoms with E-state index < -0.39 is 8.07 Å². The lowest BCUT2D eigenvalue weighted by molar-refractivity contribution is 1.17. The summed E-state index contributed by atoms with van der Waals surface area (Å²) in [6, 6.07) is 17.6. The average Bonchev–Trinajstić information content (AvgIpc) is 2.75. The van der Waals surface area contributed by atoms with Gasteiger partial charge in [-0.3, -0.25) is 0 Å². The highest BCUT2D eigenvalue weighted by atomic mass is 28.3. The summed E-state index contributed by atoms with van der Waals surface area (Å²) in [6.07, 6.45) is 10.5. The molecule has 2 aromatic heterocycles. The molecule has 4 aromatic rings. The molecule has 4 nitrogen and oxygen atoms in total. The van der Waals surface area contributed by atoms with Crippen molar-refractivity contribution in [2.24, 2.45) is 0 Å². The van der Waals surface area contributed by atoms with E-state index in [0.717, 1.165) is 22.3 Å². The van der Waals surface area contributed by atoms with E-state index >= 15 is 0 Å². The van der Waals surface area contributed by atoms with Gasteiger partial charge < -0.3 is 0 Å². The fourth-order valence-corrected chi connectivity index (χ4v) is 5.56. The minimum absolute atomic E-state index is 1.04. The van der Waals surface area contributed by atoms with Crippen LogP contribution in [-0.4, -0.2) is 28.0 Å². The Hall–Kier alpha value is -3.18. The number of aromatic nitrogens is 4. The zero-order chi connectivity index (χ0) is 18.7. The molecule has 27 heavy (non-hydrogen) atoms. The molecule has 0 amide bonds. The maximum Gasteiger partial charge on any atom is 0.115 e. The van der Waals surface area contributed by atoms with Crippen LogP contribution in [0.5, 0.6) is 0 Å². The van der Waals surface area contributed by atoms with Crippen LogP contribution in [-0.2, 0) is 0 Å². The van der Waals surface area contributed by atoms with Crippen LogP contribution in [0.3, 0.4) is 0 Å². The van der Waals surface area contributed by atoms with Gasteiger partial charge in [0, 0.05) is 35.9 Å². The first-order valence-electron chi connectivity index (χ1n) is 8.86. The Bertz CT molecular complexity index is 930. The lowest BCUT2D eigenvalue weighted by Crippen LogP contribution is -2.52. The van der Waals surface area contributed by atoms with Crippen LogP contribution < -0.4 is 10.4 Å². The number of hydrogen-bond donors (Lipinski definition) is 0. The van der Waals surface area contributed by atoms with Crippen LogP contribution in [0.25, 0.3) is 22.3 Å². The maximum atomic E-state index is 4.10. The van der Waals surface area contributed by atoms with Crippen LogP contribution >= 0.6 is 0 Å². The van der Waals surface area contributed by atoms with Gasteiger partial charge in [0.2, 0.25) is 0 Å². The molecule has 5 heteroatoms. The van der Waals surface area contributed by atoms with Crippen LogP contribution in [0.15, 0.2) is 86.0 Å². The minimum Gasteiger partial charge on any atom is -0.244 e. The van der Waals surface area contributed by atoms with Gasteiger partial charge in [0.25, 0.3) is 0 Å². The Kier molecular flexibility index (Phi) is 4.60.